The molecule has 1 rings (SSSR count). The maximum absolute atomic E-state index is 12.5. The van der Waals surface area contributed by atoms with Gasteiger partial charge in [-0.3, -0.25) is 0 Å². The van der Waals surface area contributed by atoms with Crippen LogP contribution in [0.15, 0.2) is 0 Å². The Kier molecular flexibility index (Phi) is 2.78. The summed E-state index contributed by atoms with van der Waals surface area (Å²) in [6, 6.07) is 0. The number of halogens is 1. The van der Waals surface area contributed by atoms with Crippen molar-refractivity contribution < 1.29 is 24.1 Å². The minimum absolute atomic E-state index is 0.239. The number of alkyl halides is 1. The highest BCUT2D eigenvalue weighted by molar-refractivity contribution is 4.82. The van der Waals surface area contributed by atoms with Crippen LogP contribution in [0.5, 0.6) is 0 Å². The molecule has 11 heavy (non-hydrogen) atoms. The van der Waals surface area contributed by atoms with E-state index in [1.54, 1.807) is 0 Å². The van der Waals surface area contributed by atoms with E-state index in [1.807, 2.05) is 0 Å². The van der Waals surface area contributed by atoms with Crippen molar-refractivity contribution in [2.45, 2.75) is 24.7 Å². The van der Waals surface area contributed by atoms with E-state index < -0.39 is 24.7 Å². The van der Waals surface area contributed by atoms with Crippen LogP contribution in [0.2, 0.25) is 0 Å². The molecule has 0 radical (unpaired) electrons. The van der Waals surface area contributed by atoms with Gasteiger partial charge in [-0.25, -0.2) is 4.39 Å². The van der Waals surface area contributed by atoms with Gasteiger partial charge in [-0.05, 0) is 0 Å². The molecule has 0 aromatic rings. The van der Waals surface area contributed by atoms with Gasteiger partial charge in [0, 0.05) is 7.11 Å². The minimum atomic E-state index is -1.53. The summed E-state index contributed by atoms with van der Waals surface area (Å²) in [5.41, 5.74) is 0. The maximum atomic E-state index is 12.5. The highest BCUT2D eigenvalue weighted by Crippen LogP contribution is 2.17. The third-order valence-electron chi connectivity index (χ3n) is 1.65. The zero-order valence-electron chi connectivity index (χ0n) is 6.11. The van der Waals surface area contributed by atoms with Crippen molar-refractivity contribution >= 4 is 0 Å². The van der Waals surface area contributed by atoms with Crippen molar-refractivity contribution in [2.75, 3.05) is 13.7 Å². The molecule has 4 nitrogen and oxygen atoms in total. The third kappa shape index (κ3) is 1.67. The Morgan fingerprint density at radius 1 is 1.45 bits per heavy atom. The van der Waals surface area contributed by atoms with E-state index in [4.69, 9.17) is 14.9 Å². The van der Waals surface area contributed by atoms with E-state index in [1.165, 1.54) is 7.11 Å². The second kappa shape index (κ2) is 3.44. The van der Waals surface area contributed by atoms with Crippen LogP contribution in [0.1, 0.15) is 0 Å². The summed E-state index contributed by atoms with van der Waals surface area (Å²) in [5, 5.41) is 18.0. The Morgan fingerprint density at radius 3 is 2.64 bits per heavy atom. The monoisotopic (exact) mass is 166 g/mol. The smallest absolute Gasteiger partial charge is 0.185 e. The summed E-state index contributed by atoms with van der Waals surface area (Å²) in [7, 11) is 1.32. The number of hydrogen-bond acceptors (Lipinski definition) is 4. The molecule has 0 aliphatic carbocycles. The largest absolute Gasteiger partial charge is 0.387 e. The normalized spacial score (nSPS) is 45.8. The van der Waals surface area contributed by atoms with Gasteiger partial charge in [0.15, 0.2) is 12.5 Å². The minimum Gasteiger partial charge on any atom is -0.387 e. The average molecular weight is 166 g/mol. The number of aliphatic hydroxyl groups is 2. The van der Waals surface area contributed by atoms with Crippen LogP contribution in [0.4, 0.5) is 4.39 Å². The number of ether oxygens (including phenoxy) is 2. The van der Waals surface area contributed by atoms with Crippen LogP contribution in [0.3, 0.4) is 0 Å². The van der Waals surface area contributed by atoms with Crippen LogP contribution in [-0.4, -0.2) is 48.6 Å². The summed E-state index contributed by atoms with van der Waals surface area (Å²) >= 11 is 0. The molecular formula is C6H11FO4. The Labute approximate surface area is 63.5 Å². The van der Waals surface area contributed by atoms with E-state index in [0.717, 1.165) is 0 Å². The first-order chi connectivity index (χ1) is 5.16. The van der Waals surface area contributed by atoms with Crippen molar-refractivity contribution in [1.29, 1.82) is 0 Å². The van der Waals surface area contributed by atoms with E-state index in [-0.39, 0.29) is 6.61 Å². The molecule has 0 saturated carbocycles. The van der Waals surface area contributed by atoms with Gasteiger partial charge < -0.3 is 19.7 Å². The topological polar surface area (TPSA) is 58.9 Å². The number of rotatable bonds is 1. The van der Waals surface area contributed by atoms with E-state index >= 15 is 0 Å². The van der Waals surface area contributed by atoms with Crippen LogP contribution < -0.4 is 0 Å². The van der Waals surface area contributed by atoms with Crippen molar-refractivity contribution in [1.82, 2.24) is 0 Å². The summed E-state index contributed by atoms with van der Waals surface area (Å²) in [5.74, 6) is 0. The lowest BCUT2D eigenvalue weighted by atomic mass is 10.1. The first-order valence-electron chi connectivity index (χ1n) is 3.31. The Hall–Kier alpha value is -0.230. The van der Waals surface area contributed by atoms with Gasteiger partial charge in [0.05, 0.1) is 6.61 Å². The fourth-order valence-corrected chi connectivity index (χ4v) is 0.966. The van der Waals surface area contributed by atoms with Crippen molar-refractivity contribution in [3.8, 4) is 0 Å². The zero-order valence-corrected chi connectivity index (χ0v) is 6.11. The van der Waals surface area contributed by atoms with Gasteiger partial charge in [0.1, 0.15) is 12.2 Å². The van der Waals surface area contributed by atoms with E-state index in [9.17, 15) is 4.39 Å². The van der Waals surface area contributed by atoms with Crippen molar-refractivity contribution in [3.05, 3.63) is 0 Å². The quantitative estimate of drug-likeness (QED) is 0.527. The number of methoxy groups -OCH3 is 1. The molecule has 0 aromatic carbocycles. The average Bonchev–Trinajstić information content (AvgIpc) is 2.01. The summed E-state index contributed by atoms with van der Waals surface area (Å²) in [6.07, 6.45) is -5.16. The maximum Gasteiger partial charge on any atom is 0.185 e. The molecular weight excluding hydrogens is 155 g/mol. The predicted octanol–water partition coefficient (Wildman–Crippen LogP) is -0.951. The molecule has 1 heterocycles. The third-order valence-corrected chi connectivity index (χ3v) is 1.65. The van der Waals surface area contributed by atoms with Crippen LogP contribution in [0.25, 0.3) is 0 Å². The van der Waals surface area contributed by atoms with Crippen molar-refractivity contribution in [3.63, 3.8) is 0 Å². The standard InChI is InChI=1S/C6H11FO4/c1-10-6-5(9)4(8)3(7)2-11-6/h3-6,8-9H,2H2,1H3. The van der Waals surface area contributed by atoms with Crippen LogP contribution >= 0.6 is 0 Å². The Balaban J connectivity index is 2.52. The molecule has 1 fully saturated rings. The lowest BCUT2D eigenvalue weighted by Crippen LogP contribution is -2.51. The van der Waals surface area contributed by atoms with Gasteiger partial charge in [0.25, 0.3) is 0 Å². The molecule has 0 spiro atoms. The molecule has 2 N–H and O–H groups in total. The molecule has 4 atom stereocenters. The Morgan fingerprint density at radius 2 is 2.09 bits per heavy atom. The second-order valence-corrected chi connectivity index (χ2v) is 2.43. The lowest BCUT2D eigenvalue weighted by molar-refractivity contribution is -0.251. The first kappa shape index (κ1) is 8.86. The highest BCUT2D eigenvalue weighted by atomic mass is 19.1. The number of aliphatic hydroxyl groups excluding tert-OH is 2. The summed E-state index contributed by atoms with van der Waals surface area (Å²) in [4.78, 5) is 0. The lowest BCUT2D eigenvalue weighted by Gasteiger charge is -2.32. The van der Waals surface area contributed by atoms with Gasteiger partial charge in [-0.2, -0.15) is 0 Å². The summed E-state index contributed by atoms with van der Waals surface area (Å²) < 4.78 is 21.9. The van der Waals surface area contributed by atoms with Crippen LogP contribution in [0, 0.1) is 0 Å². The zero-order chi connectivity index (χ0) is 8.43. The molecule has 1 aliphatic heterocycles. The fraction of sp³-hybridized carbons (Fsp3) is 1.00. The molecule has 0 amide bonds. The predicted molar refractivity (Wildman–Crippen MR) is 33.7 cm³/mol. The van der Waals surface area contributed by atoms with Crippen LogP contribution in [-0.2, 0) is 9.47 Å². The van der Waals surface area contributed by atoms with E-state index in [0.29, 0.717) is 0 Å². The SMILES string of the molecule is COC1OCC(F)C(O)C1O. The number of hydrogen-bond donors (Lipinski definition) is 2. The molecule has 0 aromatic heterocycles. The summed E-state index contributed by atoms with van der Waals surface area (Å²) in [6.45, 7) is -0.239. The second-order valence-electron chi connectivity index (χ2n) is 2.43. The molecule has 5 heteroatoms. The molecule has 66 valence electrons. The van der Waals surface area contributed by atoms with Gasteiger partial charge >= 0.3 is 0 Å². The molecule has 1 saturated heterocycles. The Bertz CT molecular complexity index is 130. The molecule has 0 bridgehead atoms. The van der Waals surface area contributed by atoms with Gasteiger partial charge in [-0.15, -0.1) is 0 Å². The molecule has 1 aliphatic rings. The molecule has 4 unspecified atom stereocenters. The highest BCUT2D eigenvalue weighted by Gasteiger charge is 2.38. The van der Waals surface area contributed by atoms with E-state index in [2.05, 4.69) is 4.74 Å². The van der Waals surface area contributed by atoms with Gasteiger partial charge in [0.2, 0.25) is 0 Å². The fourth-order valence-electron chi connectivity index (χ4n) is 0.966. The van der Waals surface area contributed by atoms with Gasteiger partial charge in [-0.1, -0.05) is 0 Å². The van der Waals surface area contributed by atoms with Crippen molar-refractivity contribution in [2.24, 2.45) is 0 Å². The first-order valence-corrected chi connectivity index (χ1v) is 3.31.